The molecular formula is C21H26N6O2. The fraction of sp³-hybridized carbons (Fsp3) is 0.381. The van der Waals surface area contributed by atoms with Gasteiger partial charge in [0.1, 0.15) is 11.4 Å². The van der Waals surface area contributed by atoms with Crippen molar-refractivity contribution in [3.63, 3.8) is 0 Å². The van der Waals surface area contributed by atoms with Crippen LogP contribution >= 0.6 is 0 Å². The van der Waals surface area contributed by atoms with Gasteiger partial charge in [0.15, 0.2) is 0 Å². The van der Waals surface area contributed by atoms with Crippen molar-refractivity contribution in [2.45, 2.75) is 13.5 Å². The Bertz CT molecular complexity index is 983. The molecule has 1 amide bonds. The topological polar surface area (TPSA) is 79.3 Å². The fourth-order valence-corrected chi connectivity index (χ4v) is 3.67. The van der Waals surface area contributed by atoms with E-state index >= 15 is 0 Å². The fourth-order valence-electron chi connectivity index (χ4n) is 3.67. The second kappa shape index (κ2) is 8.08. The van der Waals surface area contributed by atoms with Gasteiger partial charge in [0.2, 0.25) is 0 Å². The van der Waals surface area contributed by atoms with Gasteiger partial charge in [-0.25, -0.2) is 0 Å². The molecule has 29 heavy (non-hydrogen) atoms. The summed E-state index contributed by atoms with van der Waals surface area (Å²) in [7, 11) is 3.58. The number of amides is 1. The predicted molar refractivity (Wildman–Crippen MR) is 110 cm³/mol. The first-order valence-electron chi connectivity index (χ1n) is 9.74. The number of nitrogens with one attached hydrogen (secondary N) is 1. The third-order valence-electron chi connectivity index (χ3n) is 5.36. The number of aromatic nitrogens is 4. The molecule has 3 heterocycles. The van der Waals surface area contributed by atoms with E-state index in [9.17, 15) is 4.79 Å². The molecule has 0 radical (unpaired) electrons. The van der Waals surface area contributed by atoms with Crippen LogP contribution in [0.15, 0.2) is 36.5 Å². The highest BCUT2D eigenvalue weighted by Gasteiger charge is 2.24. The van der Waals surface area contributed by atoms with Gasteiger partial charge in [0, 0.05) is 57.1 Å². The van der Waals surface area contributed by atoms with Crippen LogP contribution in [0.3, 0.4) is 0 Å². The first kappa shape index (κ1) is 19.2. The molecule has 0 saturated carbocycles. The third kappa shape index (κ3) is 4.17. The molecule has 0 unspecified atom stereocenters. The van der Waals surface area contributed by atoms with Crippen molar-refractivity contribution < 1.29 is 9.53 Å². The minimum absolute atomic E-state index is 0.00512. The molecule has 1 aromatic carbocycles. The van der Waals surface area contributed by atoms with Crippen LogP contribution in [0.2, 0.25) is 0 Å². The summed E-state index contributed by atoms with van der Waals surface area (Å²) in [5, 5.41) is 11.6. The van der Waals surface area contributed by atoms with E-state index in [0.29, 0.717) is 18.8 Å². The minimum Gasteiger partial charge on any atom is -0.497 e. The van der Waals surface area contributed by atoms with E-state index in [1.807, 2.05) is 53.9 Å². The Morgan fingerprint density at radius 1 is 1.17 bits per heavy atom. The highest BCUT2D eigenvalue weighted by Crippen LogP contribution is 2.22. The smallest absolute Gasteiger partial charge is 0.271 e. The van der Waals surface area contributed by atoms with Crippen LogP contribution in [0.4, 0.5) is 0 Å². The molecule has 4 rings (SSSR count). The van der Waals surface area contributed by atoms with E-state index in [0.717, 1.165) is 42.3 Å². The Balaban J connectivity index is 1.36. The van der Waals surface area contributed by atoms with E-state index in [4.69, 9.17) is 4.74 Å². The van der Waals surface area contributed by atoms with Crippen molar-refractivity contribution in [1.29, 1.82) is 0 Å². The lowest BCUT2D eigenvalue weighted by Crippen LogP contribution is -2.48. The van der Waals surface area contributed by atoms with Crippen molar-refractivity contribution in [3.05, 3.63) is 53.5 Å². The lowest BCUT2D eigenvalue weighted by Gasteiger charge is -2.34. The number of benzene rings is 1. The zero-order chi connectivity index (χ0) is 20.4. The number of ether oxygens (including phenoxy) is 1. The zero-order valence-corrected chi connectivity index (χ0v) is 17.1. The Labute approximate surface area is 170 Å². The summed E-state index contributed by atoms with van der Waals surface area (Å²) in [5.41, 5.74) is 4.52. The van der Waals surface area contributed by atoms with Crippen LogP contribution in [0.25, 0.3) is 11.3 Å². The summed E-state index contributed by atoms with van der Waals surface area (Å²) in [6.45, 7) is 6.00. The molecule has 0 spiro atoms. The standard InChI is InChI=1S/C21H26N6O2/c1-15-17(13-25(2)24-15)14-26-8-10-27(11-9-26)21(28)20-12-19(22-23-20)16-4-6-18(29-3)7-5-16/h4-7,12-13H,8-11,14H2,1-3H3,(H,22,23). The minimum atomic E-state index is -0.00512. The van der Waals surface area contributed by atoms with E-state index < -0.39 is 0 Å². The van der Waals surface area contributed by atoms with Crippen molar-refractivity contribution in [2.24, 2.45) is 7.05 Å². The SMILES string of the molecule is COc1ccc(-c2cc(C(=O)N3CCN(Cc4cn(C)nc4C)CC3)[nH]n2)cc1. The van der Waals surface area contributed by atoms with Gasteiger partial charge in [0.05, 0.1) is 18.5 Å². The highest BCUT2D eigenvalue weighted by atomic mass is 16.5. The van der Waals surface area contributed by atoms with Crippen molar-refractivity contribution in [3.8, 4) is 17.0 Å². The molecule has 8 heteroatoms. The van der Waals surface area contributed by atoms with E-state index in [-0.39, 0.29) is 5.91 Å². The molecule has 0 bridgehead atoms. The molecule has 8 nitrogen and oxygen atoms in total. The largest absolute Gasteiger partial charge is 0.497 e. The average molecular weight is 394 g/mol. The molecule has 3 aromatic rings. The lowest BCUT2D eigenvalue weighted by molar-refractivity contribution is 0.0622. The van der Waals surface area contributed by atoms with Crippen LogP contribution in [0.1, 0.15) is 21.7 Å². The van der Waals surface area contributed by atoms with Crippen molar-refractivity contribution in [2.75, 3.05) is 33.3 Å². The molecule has 0 aliphatic carbocycles. The number of nitrogens with zero attached hydrogens (tertiary/aromatic N) is 5. The number of piperazine rings is 1. The number of hydrogen-bond acceptors (Lipinski definition) is 5. The van der Waals surface area contributed by atoms with Crippen LogP contribution in [0.5, 0.6) is 5.75 Å². The number of H-pyrrole nitrogens is 1. The van der Waals surface area contributed by atoms with Gasteiger partial charge >= 0.3 is 0 Å². The van der Waals surface area contributed by atoms with Crippen LogP contribution in [-0.4, -0.2) is 69.0 Å². The maximum atomic E-state index is 12.9. The number of aromatic amines is 1. The predicted octanol–water partition coefficient (Wildman–Crippen LogP) is 2.09. The van der Waals surface area contributed by atoms with E-state index in [1.54, 1.807) is 7.11 Å². The normalized spacial score (nSPS) is 14.9. The molecule has 1 N–H and O–H groups in total. The maximum Gasteiger partial charge on any atom is 0.271 e. The van der Waals surface area contributed by atoms with Crippen LogP contribution < -0.4 is 4.74 Å². The van der Waals surface area contributed by atoms with E-state index in [2.05, 4.69) is 26.4 Å². The summed E-state index contributed by atoms with van der Waals surface area (Å²) < 4.78 is 7.03. The Kier molecular flexibility index (Phi) is 5.35. The molecule has 1 saturated heterocycles. The molecular weight excluding hydrogens is 368 g/mol. The Hall–Kier alpha value is -3.13. The van der Waals surface area contributed by atoms with Crippen LogP contribution in [0, 0.1) is 6.92 Å². The molecule has 2 aromatic heterocycles. The summed E-state index contributed by atoms with van der Waals surface area (Å²) in [6, 6.07) is 9.45. The summed E-state index contributed by atoms with van der Waals surface area (Å²) >= 11 is 0. The first-order valence-corrected chi connectivity index (χ1v) is 9.74. The van der Waals surface area contributed by atoms with Gasteiger partial charge in [-0.3, -0.25) is 19.5 Å². The van der Waals surface area contributed by atoms with Crippen molar-refractivity contribution in [1.82, 2.24) is 29.8 Å². The lowest BCUT2D eigenvalue weighted by atomic mass is 10.1. The monoisotopic (exact) mass is 394 g/mol. The van der Waals surface area contributed by atoms with Gasteiger partial charge in [-0.05, 0) is 37.3 Å². The Morgan fingerprint density at radius 3 is 2.52 bits per heavy atom. The van der Waals surface area contributed by atoms with Gasteiger partial charge in [-0.1, -0.05) is 0 Å². The quantitative estimate of drug-likeness (QED) is 0.717. The second-order valence-corrected chi connectivity index (χ2v) is 7.38. The summed E-state index contributed by atoms with van der Waals surface area (Å²) in [6.07, 6.45) is 2.07. The highest BCUT2D eigenvalue weighted by molar-refractivity contribution is 5.93. The van der Waals surface area contributed by atoms with Crippen molar-refractivity contribution >= 4 is 5.91 Å². The zero-order valence-electron chi connectivity index (χ0n) is 17.1. The number of carbonyl (C=O) groups is 1. The summed E-state index contributed by atoms with van der Waals surface area (Å²) in [4.78, 5) is 17.1. The first-order chi connectivity index (χ1) is 14.0. The average Bonchev–Trinajstić information content (AvgIpc) is 3.35. The van der Waals surface area contributed by atoms with Gasteiger partial charge in [0.25, 0.3) is 5.91 Å². The van der Waals surface area contributed by atoms with Gasteiger partial charge in [-0.2, -0.15) is 10.2 Å². The van der Waals surface area contributed by atoms with Gasteiger partial charge in [-0.15, -0.1) is 0 Å². The second-order valence-electron chi connectivity index (χ2n) is 7.38. The molecule has 0 atom stereocenters. The molecule has 1 aliphatic heterocycles. The third-order valence-corrected chi connectivity index (χ3v) is 5.36. The number of methoxy groups -OCH3 is 1. The summed E-state index contributed by atoms with van der Waals surface area (Å²) in [5.74, 6) is 0.786. The number of carbonyl (C=O) groups excluding carboxylic acids is 1. The van der Waals surface area contributed by atoms with E-state index in [1.165, 1.54) is 5.56 Å². The molecule has 1 fully saturated rings. The number of aryl methyl sites for hydroxylation is 2. The Morgan fingerprint density at radius 2 is 1.90 bits per heavy atom. The number of hydrogen-bond donors (Lipinski definition) is 1. The molecule has 152 valence electrons. The molecule has 1 aliphatic rings. The number of rotatable bonds is 5. The van der Waals surface area contributed by atoms with Gasteiger partial charge < -0.3 is 9.64 Å². The maximum absolute atomic E-state index is 12.9. The van der Waals surface area contributed by atoms with Crippen LogP contribution in [-0.2, 0) is 13.6 Å².